The summed E-state index contributed by atoms with van der Waals surface area (Å²) in [5.41, 5.74) is -15.6. The van der Waals surface area contributed by atoms with Gasteiger partial charge in [-0.15, -0.1) is 0 Å². The Hall–Kier alpha value is -2.51. The molecule has 0 radical (unpaired) electrons. The molecule has 0 unspecified atom stereocenters. The second-order valence-electron chi connectivity index (χ2n) is 8.66. The average molecular weight is 684 g/mol. The molecular formula is C21H11F18O3P. The van der Waals surface area contributed by atoms with Gasteiger partial charge in [-0.25, -0.2) is 0 Å². The summed E-state index contributed by atoms with van der Waals surface area (Å²) < 4.78 is 267. The van der Waals surface area contributed by atoms with E-state index < -0.39 is 72.3 Å². The van der Waals surface area contributed by atoms with Crippen LogP contribution >= 0.6 is 7.28 Å². The first kappa shape index (κ1) is 35.0. The summed E-state index contributed by atoms with van der Waals surface area (Å²) >= 11 is 0. The Morgan fingerprint density at radius 3 is 0.930 bits per heavy atom. The molecule has 3 rings (SSSR count). The molecule has 2 aromatic rings. The van der Waals surface area contributed by atoms with Crippen LogP contribution in [0.2, 0.25) is 0 Å². The third kappa shape index (κ3) is 4.89. The fourth-order valence-electron chi connectivity index (χ4n) is 4.36. The van der Waals surface area contributed by atoms with Gasteiger partial charge in [-0.3, -0.25) is 0 Å². The van der Waals surface area contributed by atoms with Gasteiger partial charge in [0.1, 0.15) is 0 Å². The summed E-state index contributed by atoms with van der Waals surface area (Å²) in [7, 11) is -8.79. The number of alkyl halides is 18. The molecule has 1 aliphatic rings. The average Bonchev–Trinajstić information content (AvgIpc) is 3.16. The zero-order valence-electron chi connectivity index (χ0n) is 19.8. The predicted octanol–water partition coefficient (Wildman–Crippen LogP) is 8.22. The van der Waals surface area contributed by atoms with Crippen LogP contribution in [0, 0.1) is 0 Å². The van der Waals surface area contributed by atoms with E-state index in [1.807, 2.05) is 0 Å². The zero-order chi connectivity index (χ0) is 33.4. The van der Waals surface area contributed by atoms with Crippen LogP contribution in [-0.4, -0.2) is 54.4 Å². The van der Waals surface area contributed by atoms with E-state index in [9.17, 15) is 79.0 Å². The number of rotatable bonds is 4. The van der Waals surface area contributed by atoms with Crippen LogP contribution in [-0.2, 0) is 13.6 Å². The maximum absolute atomic E-state index is 14.4. The van der Waals surface area contributed by atoms with Crippen molar-refractivity contribution in [2.75, 3.05) is 0 Å². The second kappa shape index (κ2) is 9.74. The molecule has 0 saturated carbocycles. The Balaban J connectivity index is 2.83. The standard InChI is InChI=1S/C21H11F18O3P/c22-14(23,24)13(15(25,26)27)40-43(11-7-3-1-4-8-11,12-9-5-2-6-10-12)41-16(18(28,29)30,19(31,32)33)17(42-43,20(34,35)36)21(37,38)39/h1-10,13H. The summed E-state index contributed by atoms with van der Waals surface area (Å²) in [6, 6.07) is 3.08. The maximum atomic E-state index is 14.4. The number of halogens is 18. The Morgan fingerprint density at radius 1 is 0.465 bits per heavy atom. The molecule has 3 nitrogen and oxygen atoms in total. The van der Waals surface area contributed by atoms with Crippen LogP contribution in [0.25, 0.3) is 0 Å². The third-order valence-electron chi connectivity index (χ3n) is 5.99. The van der Waals surface area contributed by atoms with Gasteiger partial charge in [0.25, 0.3) is 0 Å². The molecule has 1 fully saturated rings. The summed E-state index contributed by atoms with van der Waals surface area (Å²) in [5.74, 6) is 0. The molecule has 244 valence electrons. The van der Waals surface area contributed by atoms with Crippen molar-refractivity contribution in [1.29, 1.82) is 0 Å². The molecule has 22 heteroatoms. The van der Waals surface area contributed by atoms with Crippen molar-refractivity contribution in [1.82, 2.24) is 0 Å². The first-order chi connectivity index (χ1) is 19.0. The first-order valence-electron chi connectivity index (χ1n) is 10.7. The molecule has 43 heavy (non-hydrogen) atoms. The molecule has 1 aliphatic heterocycles. The molecule has 0 aromatic heterocycles. The van der Waals surface area contributed by atoms with Crippen molar-refractivity contribution < 1.29 is 92.6 Å². The fourth-order valence-corrected chi connectivity index (χ4v) is 9.11. The van der Waals surface area contributed by atoms with Gasteiger partial charge in [0.15, 0.2) is 0 Å². The molecular weight excluding hydrogens is 673 g/mol. The molecule has 0 atom stereocenters. The second-order valence-corrected chi connectivity index (χ2v) is 12.0. The van der Waals surface area contributed by atoms with Crippen molar-refractivity contribution >= 4 is 17.9 Å². The van der Waals surface area contributed by atoms with Crippen molar-refractivity contribution in [2.45, 2.75) is 54.4 Å². The van der Waals surface area contributed by atoms with Crippen LogP contribution in [0.1, 0.15) is 0 Å². The van der Waals surface area contributed by atoms with Gasteiger partial charge in [-0.1, -0.05) is 0 Å². The van der Waals surface area contributed by atoms with E-state index in [0.29, 0.717) is 24.3 Å². The molecule has 0 amide bonds. The molecule has 0 aliphatic carbocycles. The number of hydrogen-bond acceptors (Lipinski definition) is 3. The quantitative estimate of drug-likeness (QED) is 0.240. The van der Waals surface area contributed by atoms with Crippen LogP contribution in [0.4, 0.5) is 79.0 Å². The molecule has 0 N–H and O–H groups in total. The first-order valence-corrected chi connectivity index (χ1v) is 12.7. The van der Waals surface area contributed by atoms with Gasteiger partial charge in [0.05, 0.1) is 0 Å². The van der Waals surface area contributed by atoms with Gasteiger partial charge >= 0.3 is 226 Å². The summed E-state index contributed by atoms with van der Waals surface area (Å²) in [6.07, 6.45) is -51.5. The van der Waals surface area contributed by atoms with E-state index in [-0.39, 0.29) is 24.3 Å². The summed E-state index contributed by atoms with van der Waals surface area (Å²) in [4.78, 5) is 0. The van der Waals surface area contributed by atoms with Crippen molar-refractivity contribution in [3.8, 4) is 0 Å². The van der Waals surface area contributed by atoms with E-state index in [1.54, 1.807) is 0 Å². The summed E-state index contributed by atoms with van der Waals surface area (Å²) in [6.45, 7) is 0. The van der Waals surface area contributed by atoms with E-state index in [1.165, 1.54) is 0 Å². The topological polar surface area (TPSA) is 27.7 Å². The number of hydrogen-bond donors (Lipinski definition) is 0. The van der Waals surface area contributed by atoms with Gasteiger partial charge in [0, 0.05) is 0 Å². The van der Waals surface area contributed by atoms with Gasteiger partial charge in [0.2, 0.25) is 0 Å². The van der Waals surface area contributed by atoms with Crippen LogP contribution in [0.3, 0.4) is 0 Å². The monoisotopic (exact) mass is 684 g/mol. The van der Waals surface area contributed by atoms with Crippen LogP contribution < -0.4 is 10.6 Å². The Labute approximate surface area is 226 Å². The molecule has 2 aromatic carbocycles. The number of benzene rings is 2. The minimum atomic E-state index is -8.79. The molecule has 1 saturated heterocycles. The van der Waals surface area contributed by atoms with Gasteiger partial charge in [-0.05, 0) is 0 Å². The van der Waals surface area contributed by atoms with Gasteiger partial charge in [-0.2, -0.15) is 0 Å². The Morgan fingerprint density at radius 2 is 0.721 bits per heavy atom. The van der Waals surface area contributed by atoms with E-state index in [0.717, 1.165) is 12.1 Å². The minimum absolute atomic E-state index is 0.0189. The Bertz CT molecular complexity index is 1170. The van der Waals surface area contributed by atoms with E-state index >= 15 is 0 Å². The van der Waals surface area contributed by atoms with E-state index in [2.05, 4.69) is 13.6 Å². The normalized spacial score (nSPS) is 21.8. The van der Waals surface area contributed by atoms with E-state index in [4.69, 9.17) is 0 Å². The fraction of sp³-hybridized carbons (Fsp3) is 0.429. The van der Waals surface area contributed by atoms with Crippen molar-refractivity contribution in [2.24, 2.45) is 0 Å². The zero-order valence-corrected chi connectivity index (χ0v) is 20.7. The van der Waals surface area contributed by atoms with Crippen molar-refractivity contribution in [3.05, 3.63) is 60.7 Å². The SMILES string of the molecule is FC(F)(F)C(OP1(c2ccccc2)(c2ccccc2)OC(C(F)(F)F)(C(F)(F)F)C(C(F)(F)F)(C(F)(F)F)O1)C(F)(F)F. The molecule has 1 heterocycles. The third-order valence-corrected chi connectivity index (χ3v) is 10.2. The van der Waals surface area contributed by atoms with Crippen LogP contribution in [0.5, 0.6) is 0 Å². The molecule has 0 spiro atoms. The predicted molar refractivity (Wildman–Crippen MR) is 108 cm³/mol. The Kier molecular flexibility index (Phi) is 7.92. The summed E-state index contributed by atoms with van der Waals surface area (Å²) in [5, 5.41) is -4.04. The van der Waals surface area contributed by atoms with Gasteiger partial charge < -0.3 is 0 Å². The molecule has 0 bridgehead atoms. The van der Waals surface area contributed by atoms with Crippen molar-refractivity contribution in [3.63, 3.8) is 0 Å². The van der Waals surface area contributed by atoms with Crippen LogP contribution in [0.15, 0.2) is 60.7 Å².